The molecule has 0 aromatic rings. The summed E-state index contributed by atoms with van der Waals surface area (Å²) < 4.78 is 0. The zero-order chi connectivity index (χ0) is 16.2. The summed E-state index contributed by atoms with van der Waals surface area (Å²) >= 11 is 3.47. The van der Waals surface area contributed by atoms with E-state index in [0.717, 1.165) is 19.5 Å². The number of carbonyl (C=O) groups excluding carboxylic acids is 2. The molecule has 1 fully saturated rings. The largest absolute Gasteiger partial charge is 0.355 e. The topological polar surface area (TPSA) is 61.4 Å². The lowest BCUT2D eigenvalue weighted by Crippen LogP contribution is -2.35. The van der Waals surface area contributed by atoms with Crippen molar-refractivity contribution in [3.63, 3.8) is 0 Å². The maximum atomic E-state index is 11.7. The molecule has 0 aliphatic carbocycles. The second-order valence-corrected chi connectivity index (χ2v) is 7.80. The maximum absolute atomic E-state index is 11.7. The van der Waals surface area contributed by atoms with Gasteiger partial charge in [0.1, 0.15) is 0 Å². The van der Waals surface area contributed by atoms with Gasteiger partial charge in [0.25, 0.3) is 0 Å². The predicted octanol–water partition coefficient (Wildman–Crippen LogP) is 1.00. The van der Waals surface area contributed by atoms with Gasteiger partial charge >= 0.3 is 0 Å². The van der Waals surface area contributed by atoms with E-state index in [0.29, 0.717) is 11.5 Å². The Hall–Kier alpha value is -0.400. The number of hydrogen-bond donors (Lipinski definition) is 2. The lowest BCUT2D eigenvalue weighted by molar-refractivity contribution is -0.119. The SMILES string of the molecule is CC(C)NC(=O)[CH]CSCC(=O)NCCCN1CCSCC1. The van der Waals surface area contributed by atoms with Gasteiger partial charge in [-0.3, -0.25) is 9.59 Å². The fraction of sp³-hybridized carbons (Fsp3) is 0.800. The van der Waals surface area contributed by atoms with Crippen LogP contribution in [0.4, 0.5) is 0 Å². The van der Waals surface area contributed by atoms with E-state index in [-0.39, 0.29) is 17.9 Å². The number of carbonyl (C=O) groups is 2. The van der Waals surface area contributed by atoms with Gasteiger partial charge in [-0.15, -0.1) is 0 Å². The van der Waals surface area contributed by atoms with Gasteiger partial charge in [0, 0.05) is 42.9 Å². The summed E-state index contributed by atoms with van der Waals surface area (Å²) in [7, 11) is 0. The highest BCUT2D eigenvalue weighted by Crippen LogP contribution is 2.08. The van der Waals surface area contributed by atoms with Crippen molar-refractivity contribution in [1.29, 1.82) is 0 Å². The molecule has 1 heterocycles. The van der Waals surface area contributed by atoms with E-state index in [1.807, 2.05) is 25.6 Å². The smallest absolute Gasteiger partial charge is 0.229 e. The van der Waals surface area contributed by atoms with Crippen molar-refractivity contribution >= 4 is 35.3 Å². The first-order valence-electron chi connectivity index (χ1n) is 7.86. The van der Waals surface area contributed by atoms with Gasteiger partial charge in [-0.1, -0.05) is 0 Å². The standard InChI is InChI=1S/C15H28N3O2S2/c1-13(2)17-14(19)4-9-22-12-15(20)16-5-3-6-18-7-10-21-11-8-18/h4,13H,3,5-12H2,1-2H3,(H,16,20)(H,17,19). The second kappa shape index (κ2) is 12.1. The van der Waals surface area contributed by atoms with E-state index in [2.05, 4.69) is 15.5 Å². The summed E-state index contributed by atoms with van der Waals surface area (Å²) in [6.07, 6.45) is 2.59. The first-order chi connectivity index (χ1) is 10.6. The van der Waals surface area contributed by atoms with Gasteiger partial charge in [0.05, 0.1) is 12.2 Å². The molecule has 0 atom stereocenters. The third-order valence-electron chi connectivity index (χ3n) is 3.13. The molecule has 1 aliphatic heterocycles. The minimum atomic E-state index is -0.0670. The Labute approximate surface area is 142 Å². The van der Waals surface area contributed by atoms with Crippen LogP contribution in [-0.4, -0.2) is 71.9 Å². The van der Waals surface area contributed by atoms with Crippen molar-refractivity contribution in [3.8, 4) is 0 Å². The van der Waals surface area contributed by atoms with Gasteiger partial charge in [0.15, 0.2) is 0 Å². The van der Waals surface area contributed by atoms with Crippen LogP contribution in [0.2, 0.25) is 0 Å². The number of amides is 2. The molecule has 1 rings (SSSR count). The average Bonchev–Trinajstić information content (AvgIpc) is 2.48. The molecule has 7 heteroatoms. The molecule has 0 saturated carbocycles. The van der Waals surface area contributed by atoms with Gasteiger partial charge < -0.3 is 15.5 Å². The first kappa shape index (κ1) is 19.6. The summed E-state index contributed by atoms with van der Waals surface area (Å²) in [4.78, 5) is 25.5. The molecule has 5 nitrogen and oxygen atoms in total. The number of nitrogens with one attached hydrogen (secondary N) is 2. The summed E-state index contributed by atoms with van der Waals surface area (Å²) in [6, 6.07) is 0.149. The van der Waals surface area contributed by atoms with Crippen molar-refractivity contribution in [3.05, 3.63) is 6.42 Å². The van der Waals surface area contributed by atoms with E-state index < -0.39 is 0 Å². The van der Waals surface area contributed by atoms with E-state index in [1.54, 1.807) is 6.42 Å². The highest BCUT2D eigenvalue weighted by Gasteiger charge is 2.10. The third kappa shape index (κ3) is 10.3. The summed E-state index contributed by atoms with van der Waals surface area (Å²) in [5, 5.41) is 5.73. The van der Waals surface area contributed by atoms with Crippen molar-refractivity contribution < 1.29 is 9.59 Å². The lowest BCUT2D eigenvalue weighted by atomic mass is 10.3. The molecule has 1 radical (unpaired) electrons. The summed E-state index contributed by atoms with van der Waals surface area (Å²) in [6.45, 7) is 7.99. The van der Waals surface area contributed by atoms with Crippen LogP contribution in [0.5, 0.6) is 0 Å². The second-order valence-electron chi connectivity index (χ2n) is 5.54. The van der Waals surface area contributed by atoms with Crippen LogP contribution in [0, 0.1) is 6.42 Å². The van der Waals surface area contributed by atoms with Crippen LogP contribution in [0.25, 0.3) is 0 Å². The van der Waals surface area contributed by atoms with E-state index >= 15 is 0 Å². The van der Waals surface area contributed by atoms with Crippen molar-refractivity contribution in [1.82, 2.24) is 15.5 Å². The van der Waals surface area contributed by atoms with Gasteiger partial charge in [-0.05, 0) is 26.8 Å². The molecule has 0 bridgehead atoms. The molecule has 2 amide bonds. The molecule has 127 valence electrons. The number of nitrogens with zero attached hydrogens (tertiary/aromatic N) is 1. The Morgan fingerprint density at radius 3 is 2.73 bits per heavy atom. The zero-order valence-corrected chi connectivity index (χ0v) is 15.2. The molecular weight excluding hydrogens is 318 g/mol. The molecule has 0 spiro atoms. The Morgan fingerprint density at radius 2 is 2.05 bits per heavy atom. The minimum absolute atomic E-state index is 0.0527. The average molecular weight is 347 g/mol. The van der Waals surface area contributed by atoms with E-state index in [1.165, 1.54) is 36.4 Å². The molecule has 0 unspecified atom stereocenters. The molecule has 2 N–H and O–H groups in total. The van der Waals surface area contributed by atoms with Crippen molar-refractivity contribution in [2.75, 3.05) is 49.2 Å². The minimum Gasteiger partial charge on any atom is -0.355 e. The zero-order valence-electron chi connectivity index (χ0n) is 13.6. The van der Waals surface area contributed by atoms with Crippen molar-refractivity contribution in [2.24, 2.45) is 0 Å². The number of hydrogen-bond acceptors (Lipinski definition) is 5. The van der Waals surface area contributed by atoms with Crippen LogP contribution < -0.4 is 10.6 Å². The van der Waals surface area contributed by atoms with Crippen LogP contribution in [0.15, 0.2) is 0 Å². The molecule has 1 aliphatic rings. The fourth-order valence-corrected chi connectivity index (χ4v) is 3.69. The maximum Gasteiger partial charge on any atom is 0.229 e. The first-order valence-corrected chi connectivity index (χ1v) is 10.2. The predicted molar refractivity (Wildman–Crippen MR) is 96.3 cm³/mol. The number of thioether (sulfide) groups is 2. The van der Waals surface area contributed by atoms with Gasteiger partial charge in [0.2, 0.25) is 11.8 Å². The van der Waals surface area contributed by atoms with Crippen molar-refractivity contribution in [2.45, 2.75) is 26.3 Å². The Kier molecular flexibility index (Phi) is 10.8. The molecule has 22 heavy (non-hydrogen) atoms. The van der Waals surface area contributed by atoms with Gasteiger partial charge in [-0.2, -0.15) is 23.5 Å². The lowest BCUT2D eigenvalue weighted by Gasteiger charge is -2.25. The molecule has 0 aromatic carbocycles. The molecular formula is C15H28N3O2S2. The third-order valence-corrected chi connectivity index (χ3v) is 4.94. The Morgan fingerprint density at radius 1 is 1.32 bits per heavy atom. The Balaban J connectivity index is 1.91. The Bertz CT molecular complexity index is 335. The van der Waals surface area contributed by atoms with Gasteiger partial charge in [-0.25, -0.2) is 0 Å². The molecule has 0 aromatic heterocycles. The monoisotopic (exact) mass is 346 g/mol. The van der Waals surface area contributed by atoms with Crippen LogP contribution in [0.3, 0.4) is 0 Å². The number of rotatable bonds is 10. The summed E-state index contributed by atoms with van der Waals surface area (Å²) in [5.74, 6) is 3.41. The summed E-state index contributed by atoms with van der Waals surface area (Å²) in [5.41, 5.74) is 0. The van der Waals surface area contributed by atoms with E-state index in [9.17, 15) is 9.59 Å². The van der Waals surface area contributed by atoms with Crippen LogP contribution in [-0.2, 0) is 9.59 Å². The quantitative estimate of drug-likeness (QED) is 0.578. The van der Waals surface area contributed by atoms with Crippen LogP contribution >= 0.6 is 23.5 Å². The van der Waals surface area contributed by atoms with Crippen LogP contribution in [0.1, 0.15) is 20.3 Å². The van der Waals surface area contributed by atoms with E-state index in [4.69, 9.17) is 0 Å². The highest BCUT2D eigenvalue weighted by molar-refractivity contribution is 8.00. The molecule has 1 saturated heterocycles. The fourth-order valence-electron chi connectivity index (χ4n) is 2.04. The highest BCUT2D eigenvalue weighted by atomic mass is 32.2. The normalized spacial score (nSPS) is 15.8.